The van der Waals surface area contributed by atoms with Crippen LogP contribution < -0.4 is 5.32 Å². The van der Waals surface area contributed by atoms with Gasteiger partial charge in [-0.2, -0.15) is 5.10 Å². The number of hydrogen-bond donors (Lipinski definition) is 1. The maximum Gasteiger partial charge on any atom is 0.0647 e. The Morgan fingerprint density at radius 1 is 1.19 bits per heavy atom. The molecule has 114 valence electrons. The molecule has 0 bridgehead atoms. The Kier molecular flexibility index (Phi) is 4.84. The summed E-state index contributed by atoms with van der Waals surface area (Å²) in [5, 5.41) is 8.31. The minimum absolute atomic E-state index is 0.221. The van der Waals surface area contributed by atoms with Crippen LogP contribution >= 0.6 is 0 Å². The summed E-state index contributed by atoms with van der Waals surface area (Å²) in [6.07, 6.45) is 1.12. The molecule has 1 atom stereocenters. The molecule has 1 aromatic heterocycles. The number of hydrogen-bond acceptors (Lipinski definition) is 2. The molecule has 0 aliphatic carbocycles. The molecule has 2 aromatic rings. The van der Waals surface area contributed by atoms with E-state index in [1.165, 1.54) is 27.9 Å². The first-order valence-electron chi connectivity index (χ1n) is 7.77. The van der Waals surface area contributed by atoms with Crippen molar-refractivity contribution in [3.63, 3.8) is 0 Å². The SMILES string of the molecule is CCCNC(c1cccc(C)c1C)c1c(C)nn(C)c1C. The van der Waals surface area contributed by atoms with E-state index in [4.69, 9.17) is 0 Å². The van der Waals surface area contributed by atoms with Gasteiger partial charge in [0.15, 0.2) is 0 Å². The molecular weight excluding hydrogens is 258 g/mol. The van der Waals surface area contributed by atoms with Gasteiger partial charge in [-0.1, -0.05) is 25.1 Å². The molecule has 0 saturated carbocycles. The second-order valence-corrected chi connectivity index (χ2v) is 5.88. The van der Waals surface area contributed by atoms with Crippen molar-refractivity contribution < 1.29 is 0 Å². The molecule has 21 heavy (non-hydrogen) atoms. The first-order chi connectivity index (χ1) is 9.97. The predicted molar refractivity (Wildman–Crippen MR) is 88.7 cm³/mol. The highest BCUT2D eigenvalue weighted by atomic mass is 15.3. The normalized spacial score (nSPS) is 12.7. The lowest BCUT2D eigenvalue weighted by atomic mass is 9.91. The van der Waals surface area contributed by atoms with Crippen molar-refractivity contribution in [2.24, 2.45) is 7.05 Å². The van der Waals surface area contributed by atoms with Crippen LogP contribution in [0, 0.1) is 27.7 Å². The monoisotopic (exact) mass is 285 g/mol. The Labute approximate surface area is 128 Å². The molecule has 3 nitrogen and oxygen atoms in total. The second-order valence-electron chi connectivity index (χ2n) is 5.88. The molecule has 2 rings (SSSR count). The van der Waals surface area contributed by atoms with Gasteiger partial charge in [0, 0.05) is 18.3 Å². The lowest BCUT2D eigenvalue weighted by Crippen LogP contribution is -2.25. The number of aryl methyl sites for hydroxylation is 3. The van der Waals surface area contributed by atoms with Gasteiger partial charge < -0.3 is 5.32 Å². The fraction of sp³-hybridized carbons (Fsp3) is 0.500. The summed E-state index contributed by atoms with van der Waals surface area (Å²) in [7, 11) is 2.02. The molecule has 0 aliphatic rings. The zero-order valence-corrected chi connectivity index (χ0v) is 14.1. The Balaban J connectivity index is 2.55. The molecule has 0 amide bonds. The fourth-order valence-corrected chi connectivity index (χ4v) is 2.95. The predicted octanol–water partition coefficient (Wildman–Crippen LogP) is 3.74. The molecule has 1 heterocycles. The first-order valence-corrected chi connectivity index (χ1v) is 7.77. The van der Waals surface area contributed by atoms with Crippen LogP contribution in [0.1, 0.15) is 53.0 Å². The van der Waals surface area contributed by atoms with Crippen molar-refractivity contribution in [3.8, 4) is 0 Å². The van der Waals surface area contributed by atoms with Crippen molar-refractivity contribution >= 4 is 0 Å². The van der Waals surface area contributed by atoms with E-state index >= 15 is 0 Å². The van der Waals surface area contributed by atoms with E-state index in [2.05, 4.69) is 63.2 Å². The van der Waals surface area contributed by atoms with Crippen LogP contribution in [0.3, 0.4) is 0 Å². The molecule has 1 unspecified atom stereocenters. The molecule has 0 fully saturated rings. The molecule has 1 N–H and O–H groups in total. The van der Waals surface area contributed by atoms with Gasteiger partial charge in [-0.3, -0.25) is 4.68 Å². The molecular formula is C18H27N3. The minimum atomic E-state index is 0.221. The van der Waals surface area contributed by atoms with E-state index in [1.54, 1.807) is 0 Å². The first kappa shape index (κ1) is 15.8. The van der Waals surface area contributed by atoms with Crippen molar-refractivity contribution in [2.75, 3.05) is 6.54 Å². The van der Waals surface area contributed by atoms with Crippen LogP contribution in [0.15, 0.2) is 18.2 Å². The minimum Gasteiger partial charge on any atom is -0.306 e. The van der Waals surface area contributed by atoms with Gasteiger partial charge in [-0.25, -0.2) is 0 Å². The quantitative estimate of drug-likeness (QED) is 0.907. The van der Waals surface area contributed by atoms with Crippen molar-refractivity contribution in [1.82, 2.24) is 15.1 Å². The highest BCUT2D eigenvalue weighted by molar-refractivity contribution is 5.43. The Morgan fingerprint density at radius 2 is 1.90 bits per heavy atom. The second kappa shape index (κ2) is 6.44. The Bertz CT molecular complexity index is 626. The Morgan fingerprint density at radius 3 is 2.48 bits per heavy atom. The van der Waals surface area contributed by atoms with Gasteiger partial charge in [-0.15, -0.1) is 0 Å². The highest BCUT2D eigenvalue weighted by Crippen LogP contribution is 2.30. The Hall–Kier alpha value is -1.61. The third-order valence-electron chi connectivity index (χ3n) is 4.41. The topological polar surface area (TPSA) is 29.9 Å². The average molecular weight is 285 g/mol. The third kappa shape index (κ3) is 3.03. The van der Waals surface area contributed by atoms with Crippen LogP contribution in [0.4, 0.5) is 0 Å². The van der Waals surface area contributed by atoms with E-state index in [1.807, 2.05) is 11.7 Å². The summed E-state index contributed by atoms with van der Waals surface area (Å²) < 4.78 is 1.98. The summed E-state index contributed by atoms with van der Waals surface area (Å²) in [5.41, 5.74) is 7.75. The van der Waals surface area contributed by atoms with Crippen LogP contribution in [0.25, 0.3) is 0 Å². The summed E-state index contributed by atoms with van der Waals surface area (Å²) in [6, 6.07) is 6.79. The number of rotatable bonds is 5. The summed E-state index contributed by atoms with van der Waals surface area (Å²) in [6.45, 7) is 11.9. The van der Waals surface area contributed by atoms with Crippen molar-refractivity contribution in [3.05, 3.63) is 51.8 Å². The zero-order valence-electron chi connectivity index (χ0n) is 14.1. The fourth-order valence-electron chi connectivity index (χ4n) is 2.95. The van der Waals surface area contributed by atoms with E-state index < -0.39 is 0 Å². The lowest BCUT2D eigenvalue weighted by molar-refractivity contribution is 0.590. The third-order valence-corrected chi connectivity index (χ3v) is 4.41. The van der Waals surface area contributed by atoms with Gasteiger partial charge in [0.2, 0.25) is 0 Å². The summed E-state index contributed by atoms with van der Waals surface area (Å²) >= 11 is 0. The molecule has 0 aliphatic heterocycles. The maximum atomic E-state index is 4.59. The van der Waals surface area contributed by atoms with Crippen molar-refractivity contribution in [2.45, 2.75) is 47.1 Å². The van der Waals surface area contributed by atoms with Gasteiger partial charge in [0.1, 0.15) is 0 Å². The molecule has 1 aromatic carbocycles. The van der Waals surface area contributed by atoms with Gasteiger partial charge in [0.25, 0.3) is 0 Å². The largest absolute Gasteiger partial charge is 0.306 e. The van der Waals surface area contributed by atoms with Gasteiger partial charge in [0.05, 0.1) is 11.7 Å². The van der Waals surface area contributed by atoms with Gasteiger partial charge >= 0.3 is 0 Å². The zero-order chi connectivity index (χ0) is 15.6. The van der Waals surface area contributed by atoms with Crippen molar-refractivity contribution in [1.29, 1.82) is 0 Å². The van der Waals surface area contributed by atoms with E-state index in [0.717, 1.165) is 18.7 Å². The summed E-state index contributed by atoms with van der Waals surface area (Å²) in [4.78, 5) is 0. The lowest BCUT2D eigenvalue weighted by Gasteiger charge is -2.23. The number of benzene rings is 1. The molecule has 0 saturated heterocycles. The van der Waals surface area contributed by atoms with Gasteiger partial charge in [-0.05, 0) is 57.4 Å². The highest BCUT2D eigenvalue weighted by Gasteiger charge is 2.22. The van der Waals surface area contributed by atoms with E-state index in [-0.39, 0.29) is 6.04 Å². The molecule has 3 heteroatoms. The average Bonchev–Trinajstić information content (AvgIpc) is 2.69. The number of nitrogens with one attached hydrogen (secondary N) is 1. The maximum absolute atomic E-state index is 4.59. The number of aromatic nitrogens is 2. The standard InChI is InChI=1S/C18H27N3/c1-7-11-19-18(16-10-8-9-12(2)13(16)3)17-14(4)20-21(6)15(17)5/h8-10,18-19H,7,11H2,1-6H3. The molecule has 0 radical (unpaired) electrons. The van der Waals surface area contributed by atoms with Crippen LogP contribution in [-0.2, 0) is 7.05 Å². The van der Waals surface area contributed by atoms with Crippen LogP contribution in [-0.4, -0.2) is 16.3 Å². The smallest absolute Gasteiger partial charge is 0.0647 e. The summed E-state index contributed by atoms with van der Waals surface area (Å²) in [5.74, 6) is 0. The van der Waals surface area contributed by atoms with E-state index in [9.17, 15) is 0 Å². The van der Waals surface area contributed by atoms with Crippen LogP contribution in [0.5, 0.6) is 0 Å². The van der Waals surface area contributed by atoms with Crippen LogP contribution in [0.2, 0.25) is 0 Å². The number of nitrogens with zero attached hydrogens (tertiary/aromatic N) is 2. The molecule has 0 spiro atoms. The van der Waals surface area contributed by atoms with E-state index in [0.29, 0.717) is 0 Å².